The zero-order valence-electron chi connectivity index (χ0n) is 8.50. The van der Waals surface area contributed by atoms with Gasteiger partial charge in [-0.25, -0.2) is 0 Å². The third-order valence-corrected chi connectivity index (χ3v) is 2.14. The first-order chi connectivity index (χ1) is 7.69. The van der Waals surface area contributed by atoms with Crippen LogP contribution in [-0.2, 0) is 17.8 Å². The predicted molar refractivity (Wildman–Crippen MR) is 56.0 cm³/mol. The fraction of sp³-hybridized carbons (Fsp3) is 0.300. The molecule has 0 fully saturated rings. The van der Waals surface area contributed by atoms with Gasteiger partial charge in [0.2, 0.25) is 0 Å². The maximum atomic E-state index is 10.5. The largest absolute Gasteiger partial charge is 0.481 e. The van der Waals surface area contributed by atoms with E-state index in [1.54, 1.807) is 18.2 Å². The summed E-state index contributed by atoms with van der Waals surface area (Å²) in [6.07, 6.45) is -0.0250. The molecule has 0 aliphatic heterocycles. The number of carboxylic acid groups (broad SMARTS) is 1. The molecule has 0 aliphatic carbocycles. The van der Waals surface area contributed by atoms with Gasteiger partial charge < -0.3 is 10.2 Å². The highest BCUT2D eigenvalue weighted by atomic mass is 16.4. The van der Waals surface area contributed by atoms with E-state index in [0.29, 0.717) is 23.1 Å². The van der Waals surface area contributed by atoms with Crippen LogP contribution in [0.4, 0.5) is 0 Å². The van der Waals surface area contributed by atoms with Gasteiger partial charge in [-0.1, -0.05) is 6.07 Å². The van der Waals surface area contributed by atoms with Gasteiger partial charge in [0, 0.05) is 0 Å². The van der Waals surface area contributed by atoms with Crippen LogP contribution in [0.25, 0.3) is 11.0 Å². The van der Waals surface area contributed by atoms with Crippen LogP contribution in [0.1, 0.15) is 5.56 Å². The van der Waals surface area contributed by atoms with Crippen LogP contribution >= 0.6 is 0 Å². The van der Waals surface area contributed by atoms with Gasteiger partial charge in [0.25, 0.3) is 0 Å². The Bertz CT molecular complexity index is 521. The number of hydrogen-bond acceptors (Lipinski definition) is 4. The van der Waals surface area contributed by atoms with Crippen LogP contribution < -0.4 is 0 Å². The van der Waals surface area contributed by atoms with Gasteiger partial charge in [-0.05, 0) is 17.7 Å². The number of aliphatic hydroxyl groups is 1. The second kappa shape index (κ2) is 4.28. The van der Waals surface area contributed by atoms with Gasteiger partial charge in [-0.15, -0.1) is 0 Å². The Kier molecular flexibility index (Phi) is 2.82. The van der Waals surface area contributed by atoms with E-state index in [4.69, 9.17) is 10.2 Å². The zero-order chi connectivity index (χ0) is 11.5. The second-order valence-corrected chi connectivity index (χ2v) is 3.41. The number of hydrogen-bond donors (Lipinski definition) is 2. The van der Waals surface area contributed by atoms with E-state index in [2.05, 4.69) is 10.2 Å². The first-order valence-corrected chi connectivity index (χ1v) is 4.85. The summed E-state index contributed by atoms with van der Waals surface area (Å²) in [7, 11) is 0. The quantitative estimate of drug-likeness (QED) is 0.761. The molecule has 2 rings (SSSR count). The van der Waals surface area contributed by atoms with Gasteiger partial charge >= 0.3 is 5.97 Å². The Morgan fingerprint density at radius 3 is 2.75 bits per heavy atom. The summed E-state index contributed by atoms with van der Waals surface area (Å²) >= 11 is 0. The number of aliphatic hydroxyl groups excluding tert-OH is 1. The fourth-order valence-corrected chi connectivity index (χ4v) is 1.48. The third-order valence-electron chi connectivity index (χ3n) is 2.14. The summed E-state index contributed by atoms with van der Waals surface area (Å²) in [6, 6.07) is 5.15. The summed E-state index contributed by atoms with van der Waals surface area (Å²) in [6.45, 7) is 0.311. The predicted octanol–water partition coefficient (Wildman–Crippen LogP) is 0.0507. The average molecular weight is 221 g/mol. The number of aliphatic carboxylic acids is 1. The first kappa shape index (κ1) is 10.6. The van der Waals surface area contributed by atoms with Crippen molar-refractivity contribution in [2.75, 3.05) is 6.61 Å². The smallest absolute Gasteiger partial charge is 0.307 e. The molecule has 0 radical (unpaired) electrons. The molecule has 84 valence electrons. The SMILES string of the molecule is O=C(O)Cc1ccc2nn(CCO)nc2c1. The number of carboxylic acids is 1. The number of fused-ring (bicyclic) bond motifs is 1. The molecule has 2 aromatic rings. The van der Waals surface area contributed by atoms with Crippen molar-refractivity contribution >= 4 is 17.0 Å². The van der Waals surface area contributed by atoms with Crippen LogP contribution in [0.2, 0.25) is 0 Å². The molecule has 1 heterocycles. The minimum Gasteiger partial charge on any atom is -0.481 e. The van der Waals surface area contributed by atoms with Crippen LogP contribution in [-0.4, -0.2) is 37.8 Å². The summed E-state index contributed by atoms with van der Waals surface area (Å²) in [4.78, 5) is 11.9. The van der Waals surface area contributed by atoms with E-state index >= 15 is 0 Å². The van der Waals surface area contributed by atoms with E-state index in [-0.39, 0.29) is 13.0 Å². The van der Waals surface area contributed by atoms with Crippen molar-refractivity contribution in [1.82, 2.24) is 15.0 Å². The van der Waals surface area contributed by atoms with Crippen molar-refractivity contribution in [3.63, 3.8) is 0 Å². The molecule has 6 heteroatoms. The summed E-state index contributed by atoms with van der Waals surface area (Å²) in [5, 5.41) is 25.6. The number of nitrogens with zero attached hydrogens (tertiary/aromatic N) is 3. The van der Waals surface area contributed by atoms with Gasteiger partial charge in [0.05, 0.1) is 19.6 Å². The molecule has 1 aromatic carbocycles. The Morgan fingerprint density at radius 1 is 1.31 bits per heavy atom. The Hall–Kier alpha value is -1.95. The van der Waals surface area contributed by atoms with E-state index in [9.17, 15) is 4.79 Å². The zero-order valence-corrected chi connectivity index (χ0v) is 8.50. The third kappa shape index (κ3) is 2.17. The van der Waals surface area contributed by atoms with E-state index in [1.165, 1.54) is 4.80 Å². The number of rotatable bonds is 4. The second-order valence-electron chi connectivity index (χ2n) is 3.41. The number of benzene rings is 1. The maximum Gasteiger partial charge on any atom is 0.307 e. The molecule has 2 N–H and O–H groups in total. The van der Waals surface area contributed by atoms with Crippen molar-refractivity contribution in [3.05, 3.63) is 23.8 Å². The summed E-state index contributed by atoms with van der Waals surface area (Å²) in [5.74, 6) is -0.873. The van der Waals surface area contributed by atoms with Gasteiger partial charge in [-0.2, -0.15) is 15.0 Å². The normalized spacial score (nSPS) is 10.8. The lowest BCUT2D eigenvalue weighted by Crippen LogP contribution is -2.05. The molecule has 0 saturated carbocycles. The Morgan fingerprint density at radius 2 is 2.06 bits per heavy atom. The Labute approximate surface area is 91.1 Å². The molecule has 6 nitrogen and oxygen atoms in total. The standard InChI is InChI=1S/C10H11N3O3/c14-4-3-13-11-8-2-1-7(6-10(15)16)5-9(8)12-13/h1-2,5,14H,3-4,6H2,(H,15,16). The van der Waals surface area contributed by atoms with Crippen molar-refractivity contribution in [3.8, 4) is 0 Å². The highest BCUT2D eigenvalue weighted by Crippen LogP contribution is 2.12. The van der Waals surface area contributed by atoms with Crippen molar-refractivity contribution in [2.24, 2.45) is 0 Å². The first-order valence-electron chi connectivity index (χ1n) is 4.85. The van der Waals surface area contributed by atoms with Crippen LogP contribution in [0.3, 0.4) is 0 Å². The highest BCUT2D eigenvalue weighted by molar-refractivity contribution is 5.77. The monoisotopic (exact) mass is 221 g/mol. The minimum absolute atomic E-state index is 0.0248. The van der Waals surface area contributed by atoms with Gasteiger partial charge in [0.15, 0.2) is 0 Å². The number of aromatic nitrogens is 3. The summed E-state index contributed by atoms with van der Waals surface area (Å²) in [5.41, 5.74) is 2.03. The van der Waals surface area contributed by atoms with E-state index < -0.39 is 5.97 Å². The maximum absolute atomic E-state index is 10.5. The fourth-order valence-electron chi connectivity index (χ4n) is 1.48. The van der Waals surface area contributed by atoms with Gasteiger partial charge in [-0.3, -0.25) is 4.79 Å². The highest BCUT2D eigenvalue weighted by Gasteiger charge is 2.05. The minimum atomic E-state index is -0.873. The van der Waals surface area contributed by atoms with Crippen LogP contribution in [0.5, 0.6) is 0 Å². The average Bonchev–Trinajstić information content (AvgIpc) is 2.59. The molecule has 0 atom stereocenters. The molecule has 16 heavy (non-hydrogen) atoms. The molecule has 0 amide bonds. The molecule has 0 spiro atoms. The van der Waals surface area contributed by atoms with Crippen molar-refractivity contribution < 1.29 is 15.0 Å². The summed E-state index contributed by atoms with van der Waals surface area (Å²) < 4.78 is 0. The molecule has 1 aromatic heterocycles. The van der Waals surface area contributed by atoms with Crippen molar-refractivity contribution in [2.45, 2.75) is 13.0 Å². The lowest BCUT2D eigenvalue weighted by molar-refractivity contribution is -0.136. The van der Waals surface area contributed by atoms with Crippen molar-refractivity contribution in [1.29, 1.82) is 0 Å². The molecule has 0 bridgehead atoms. The van der Waals surface area contributed by atoms with E-state index in [0.717, 1.165) is 0 Å². The number of carbonyl (C=O) groups is 1. The van der Waals surface area contributed by atoms with Crippen LogP contribution in [0.15, 0.2) is 18.2 Å². The van der Waals surface area contributed by atoms with Crippen LogP contribution in [0, 0.1) is 0 Å². The topological polar surface area (TPSA) is 88.2 Å². The molecule has 0 unspecified atom stereocenters. The molecular formula is C10H11N3O3. The van der Waals surface area contributed by atoms with Gasteiger partial charge in [0.1, 0.15) is 11.0 Å². The lowest BCUT2D eigenvalue weighted by Gasteiger charge is -1.94. The molecule has 0 aliphatic rings. The lowest BCUT2D eigenvalue weighted by atomic mass is 10.1. The Balaban J connectivity index is 2.33. The van der Waals surface area contributed by atoms with E-state index in [1.807, 2.05) is 0 Å². The molecular weight excluding hydrogens is 210 g/mol. The molecule has 0 saturated heterocycles.